The van der Waals surface area contributed by atoms with Crippen LogP contribution in [-0.4, -0.2) is 12.3 Å². The molecule has 0 saturated carbocycles. The van der Waals surface area contributed by atoms with Gasteiger partial charge in [-0.05, 0) is 37.6 Å². The maximum Gasteiger partial charge on any atom is 0.0444 e. The van der Waals surface area contributed by atoms with Crippen LogP contribution in [0.5, 0.6) is 0 Å². The first-order valence-corrected chi connectivity index (χ1v) is 8.45. The summed E-state index contributed by atoms with van der Waals surface area (Å²) in [5, 5.41) is 4.01. The van der Waals surface area contributed by atoms with Gasteiger partial charge in [-0.2, -0.15) is 0 Å². The molecule has 0 aliphatic carbocycles. The number of hydrogen-bond donors (Lipinski definition) is 1. The molecule has 1 nitrogen and oxygen atoms in total. The van der Waals surface area contributed by atoms with Crippen molar-refractivity contribution in [2.75, 3.05) is 7.05 Å². The SMILES string of the molecule is CNC(c1ccccc1)C(Sc1ccc(C)cc1)C(C)C. The molecule has 0 bridgehead atoms. The molecule has 2 unspecified atom stereocenters. The van der Waals surface area contributed by atoms with Crippen molar-refractivity contribution in [3.05, 3.63) is 65.7 Å². The Labute approximate surface area is 133 Å². The fourth-order valence-electron chi connectivity index (χ4n) is 2.54. The van der Waals surface area contributed by atoms with E-state index in [1.807, 2.05) is 11.8 Å². The Kier molecular flexibility index (Phi) is 5.89. The van der Waals surface area contributed by atoms with Crippen LogP contribution in [0, 0.1) is 12.8 Å². The average Bonchev–Trinajstić information content (AvgIpc) is 2.50. The number of rotatable bonds is 6. The molecular weight excluding hydrogens is 274 g/mol. The number of aryl methyl sites for hydroxylation is 1. The average molecular weight is 299 g/mol. The minimum atomic E-state index is 0.359. The molecule has 0 heterocycles. The molecule has 2 heteroatoms. The number of nitrogens with one attached hydrogen (secondary N) is 1. The second-order valence-electron chi connectivity index (χ2n) is 5.82. The molecule has 2 atom stereocenters. The summed E-state index contributed by atoms with van der Waals surface area (Å²) in [5.74, 6) is 0.592. The van der Waals surface area contributed by atoms with Crippen molar-refractivity contribution >= 4 is 11.8 Å². The number of thioether (sulfide) groups is 1. The predicted molar refractivity (Wildman–Crippen MR) is 93.9 cm³/mol. The van der Waals surface area contributed by atoms with Gasteiger partial charge in [-0.25, -0.2) is 0 Å². The standard InChI is InChI=1S/C19H25NS/c1-14(2)19(21-17-12-10-15(3)11-13-17)18(20-4)16-8-6-5-7-9-16/h5-14,18-20H,1-4H3. The molecule has 0 amide bonds. The summed E-state index contributed by atoms with van der Waals surface area (Å²) in [7, 11) is 2.06. The Balaban J connectivity index is 2.22. The molecule has 0 aliphatic heterocycles. The van der Waals surface area contributed by atoms with Gasteiger partial charge in [0.15, 0.2) is 0 Å². The van der Waals surface area contributed by atoms with E-state index < -0.39 is 0 Å². The minimum absolute atomic E-state index is 0.359. The van der Waals surface area contributed by atoms with E-state index in [-0.39, 0.29) is 0 Å². The molecule has 2 rings (SSSR count). The van der Waals surface area contributed by atoms with E-state index in [2.05, 4.69) is 87.7 Å². The van der Waals surface area contributed by atoms with Crippen molar-refractivity contribution in [3.63, 3.8) is 0 Å². The van der Waals surface area contributed by atoms with Crippen molar-refractivity contribution in [2.45, 2.75) is 37.0 Å². The van der Waals surface area contributed by atoms with Crippen LogP contribution < -0.4 is 5.32 Å². The molecule has 1 N–H and O–H groups in total. The lowest BCUT2D eigenvalue weighted by Gasteiger charge is -2.30. The number of benzene rings is 2. The van der Waals surface area contributed by atoms with Gasteiger partial charge in [0, 0.05) is 16.2 Å². The zero-order valence-electron chi connectivity index (χ0n) is 13.3. The molecule has 0 aliphatic rings. The normalized spacial score (nSPS) is 14.1. The molecule has 0 aromatic heterocycles. The van der Waals surface area contributed by atoms with Crippen LogP contribution in [0.25, 0.3) is 0 Å². The Bertz CT molecular complexity index is 533. The monoisotopic (exact) mass is 299 g/mol. The van der Waals surface area contributed by atoms with E-state index in [0.717, 1.165) is 0 Å². The summed E-state index contributed by atoms with van der Waals surface area (Å²) in [5.41, 5.74) is 2.67. The highest BCUT2D eigenvalue weighted by Gasteiger charge is 2.25. The number of hydrogen-bond acceptors (Lipinski definition) is 2. The van der Waals surface area contributed by atoms with Crippen molar-refractivity contribution in [1.29, 1.82) is 0 Å². The van der Waals surface area contributed by atoms with Gasteiger partial charge in [0.05, 0.1) is 0 Å². The fraction of sp³-hybridized carbons (Fsp3) is 0.368. The quantitative estimate of drug-likeness (QED) is 0.747. The lowest BCUT2D eigenvalue weighted by Crippen LogP contribution is -2.31. The van der Waals surface area contributed by atoms with Crippen LogP contribution in [0.4, 0.5) is 0 Å². The predicted octanol–water partition coefficient (Wildman–Crippen LogP) is 5.07. The zero-order chi connectivity index (χ0) is 15.2. The molecular formula is C19H25NS. The molecule has 0 spiro atoms. The minimum Gasteiger partial charge on any atom is -0.312 e. The van der Waals surface area contributed by atoms with Gasteiger partial charge in [0.1, 0.15) is 0 Å². The highest BCUT2D eigenvalue weighted by atomic mass is 32.2. The Morgan fingerprint density at radius 2 is 1.52 bits per heavy atom. The van der Waals surface area contributed by atoms with E-state index in [9.17, 15) is 0 Å². The first-order chi connectivity index (χ1) is 10.1. The lowest BCUT2D eigenvalue weighted by molar-refractivity contribution is 0.472. The van der Waals surface area contributed by atoms with Gasteiger partial charge in [0.25, 0.3) is 0 Å². The molecule has 21 heavy (non-hydrogen) atoms. The summed E-state index contributed by atoms with van der Waals surface area (Å²) in [6.45, 7) is 6.74. The fourth-order valence-corrected chi connectivity index (χ4v) is 3.85. The second kappa shape index (κ2) is 7.67. The molecule has 0 fully saturated rings. The third-order valence-corrected chi connectivity index (χ3v) is 5.38. The highest BCUT2D eigenvalue weighted by molar-refractivity contribution is 8.00. The van der Waals surface area contributed by atoms with Crippen LogP contribution in [0.1, 0.15) is 31.0 Å². The molecule has 2 aromatic carbocycles. The van der Waals surface area contributed by atoms with Gasteiger partial charge in [-0.3, -0.25) is 0 Å². The lowest BCUT2D eigenvalue weighted by atomic mass is 9.96. The Morgan fingerprint density at radius 3 is 2.05 bits per heavy atom. The van der Waals surface area contributed by atoms with Crippen molar-refractivity contribution < 1.29 is 0 Å². The maximum absolute atomic E-state index is 3.51. The first-order valence-electron chi connectivity index (χ1n) is 7.57. The maximum atomic E-state index is 3.51. The zero-order valence-corrected chi connectivity index (χ0v) is 14.2. The van der Waals surface area contributed by atoms with E-state index in [1.165, 1.54) is 16.0 Å². The summed E-state index contributed by atoms with van der Waals surface area (Å²) in [6, 6.07) is 19.9. The van der Waals surface area contributed by atoms with Crippen LogP contribution in [0.15, 0.2) is 59.5 Å². The van der Waals surface area contributed by atoms with Gasteiger partial charge < -0.3 is 5.32 Å². The van der Waals surface area contributed by atoms with Gasteiger partial charge in [-0.15, -0.1) is 11.8 Å². The Morgan fingerprint density at radius 1 is 0.905 bits per heavy atom. The third kappa shape index (κ3) is 4.36. The highest BCUT2D eigenvalue weighted by Crippen LogP contribution is 2.36. The summed E-state index contributed by atoms with van der Waals surface area (Å²) < 4.78 is 0. The van der Waals surface area contributed by atoms with Gasteiger partial charge in [-0.1, -0.05) is 61.9 Å². The summed E-state index contributed by atoms with van der Waals surface area (Å²) in [6.07, 6.45) is 0. The van der Waals surface area contributed by atoms with E-state index >= 15 is 0 Å². The van der Waals surface area contributed by atoms with Gasteiger partial charge in [0.2, 0.25) is 0 Å². The smallest absolute Gasteiger partial charge is 0.0444 e. The topological polar surface area (TPSA) is 12.0 Å². The van der Waals surface area contributed by atoms with Crippen molar-refractivity contribution in [1.82, 2.24) is 5.32 Å². The van der Waals surface area contributed by atoms with Crippen LogP contribution in [0.3, 0.4) is 0 Å². The van der Waals surface area contributed by atoms with E-state index in [1.54, 1.807) is 0 Å². The largest absolute Gasteiger partial charge is 0.312 e. The van der Waals surface area contributed by atoms with Crippen molar-refractivity contribution in [3.8, 4) is 0 Å². The van der Waals surface area contributed by atoms with Gasteiger partial charge >= 0.3 is 0 Å². The molecule has 0 saturated heterocycles. The molecule has 2 aromatic rings. The van der Waals surface area contributed by atoms with Crippen LogP contribution in [-0.2, 0) is 0 Å². The second-order valence-corrected chi connectivity index (χ2v) is 7.07. The van der Waals surface area contributed by atoms with E-state index in [4.69, 9.17) is 0 Å². The Hall–Kier alpha value is -1.25. The summed E-state index contributed by atoms with van der Waals surface area (Å²) >= 11 is 1.97. The molecule has 112 valence electrons. The van der Waals surface area contributed by atoms with Crippen LogP contribution >= 0.6 is 11.8 Å². The molecule has 0 radical (unpaired) electrons. The van der Waals surface area contributed by atoms with Crippen LogP contribution in [0.2, 0.25) is 0 Å². The summed E-state index contributed by atoms with van der Waals surface area (Å²) in [4.78, 5) is 1.34. The van der Waals surface area contributed by atoms with Crippen molar-refractivity contribution in [2.24, 2.45) is 5.92 Å². The van der Waals surface area contributed by atoms with E-state index in [0.29, 0.717) is 17.2 Å². The third-order valence-electron chi connectivity index (χ3n) is 3.75. The first kappa shape index (κ1) is 16.1.